The predicted molar refractivity (Wildman–Crippen MR) is 84.0 cm³/mol. The zero-order valence-corrected chi connectivity index (χ0v) is 11.9. The quantitative estimate of drug-likeness (QED) is 0.760. The van der Waals surface area contributed by atoms with E-state index in [0.717, 1.165) is 28.0 Å². The second kappa shape index (κ2) is 4.93. The monoisotopic (exact) mass is 263 g/mol. The van der Waals surface area contributed by atoms with E-state index in [0.29, 0.717) is 0 Å². The van der Waals surface area contributed by atoms with Crippen molar-refractivity contribution in [3.05, 3.63) is 53.7 Å². The maximum absolute atomic E-state index is 4.65. The fourth-order valence-electron chi connectivity index (χ4n) is 2.38. The van der Waals surface area contributed by atoms with E-state index >= 15 is 0 Å². The van der Waals surface area contributed by atoms with Crippen LogP contribution in [0.25, 0.3) is 22.3 Å². The normalized spacial score (nSPS) is 10.8. The largest absolute Gasteiger partial charge is 0.388 e. The summed E-state index contributed by atoms with van der Waals surface area (Å²) in [6.45, 7) is 4.16. The molecule has 0 aliphatic heterocycles. The Kier molecular flexibility index (Phi) is 3.11. The van der Waals surface area contributed by atoms with E-state index in [9.17, 15) is 0 Å². The molecule has 3 rings (SSSR count). The van der Waals surface area contributed by atoms with Crippen molar-refractivity contribution in [3.63, 3.8) is 0 Å². The number of hydrogen-bond acceptors (Lipinski definition) is 3. The summed E-state index contributed by atoms with van der Waals surface area (Å²) >= 11 is 0. The summed E-state index contributed by atoms with van der Waals surface area (Å²) in [5.74, 6) is 0.770. The minimum absolute atomic E-state index is 0.770. The van der Waals surface area contributed by atoms with Gasteiger partial charge in [0.1, 0.15) is 0 Å². The molecule has 3 heteroatoms. The molecule has 0 saturated carbocycles. The highest BCUT2D eigenvalue weighted by Crippen LogP contribution is 2.23. The number of benzene rings is 2. The molecule has 0 amide bonds. The topological polar surface area (TPSA) is 37.8 Å². The molecule has 20 heavy (non-hydrogen) atoms. The Bertz CT molecular complexity index is 778. The number of aromatic nitrogens is 2. The zero-order chi connectivity index (χ0) is 14.1. The Morgan fingerprint density at radius 1 is 1.00 bits per heavy atom. The van der Waals surface area contributed by atoms with Gasteiger partial charge in [-0.2, -0.15) is 0 Å². The molecule has 1 aromatic heterocycles. The maximum atomic E-state index is 4.65. The van der Waals surface area contributed by atoms with Crippen molar-refractivity contribution in [2.24, 2.45) is 0 Å². The Morgan fingerprint density at radius 2 is 1.85 bits per heavy atom. The standard InChI is InChI=1S/C17H17N3/c1-11-4-6-16-14(8-11)10-19-17(20-16)13-5-7-15(18-3)12(2)9-13/h4-10,18H,1-3H3. The van der Waals surface area contributed by atoms with Crippen LogP contribution in [0.4, 0.5) is 5.69 Å². The lowest BCUT2D eigenvalue weighted by Gasteiger charge is -2.08. The van der Waals surface area contributed by atoms with E-state index in [4.69, 9.17) is 0 Å². The van der Waals surface area contributed by atoms with Gasteiger partial charge in [-0.1, -0.05) is 11.6 Å². The number of aryl methyl sites for hydroxylation is 2. The van der Waals surface area contributed by atoms with Gasteiger partial charge in [0.05, 0.1) is 5.52 Å². The van der Waals surface area contributed by atoms with E-state index in [1.807, 2.05) is 25.4 Å². The molecule has 0 radical (unpaired) electrons. The molecule has 0 aliphatic rings. The van der Waals surface area contributed by atoms with Crippen LogP contribution in [0.15, 0.2) is 42.6 Å². The number of nitrogens with one attached hydrogen (secondary N) is 1. The first kappa shape index (κ1) is 12.6. The second-order valence-corrected chi connectivity index (χ2v) is 5.04. The van der Waals surface area contributed by atoms with Crippen LogP contribution in [0.3, 0.4) is 0 Å². The van der Waals surface area contributed by atoms with E-state index in [1.165, 1.54) is 11.1 Å². The molecule has 0 atom stereocenters. The molecular weight excluding hydrogens is 246 g/mol. The summed E-state index contributed by atoms with van der Waals surface area (Å²) in [6.07, 6.45) is 1.89. The summed E-state index contributed by atoms with van der Waals surface area (Å²) < 4.78 is 0. The van der Waals surface area contributed by atoms with Crippen LogP contribution in [0.2, 0.25) is 0 Å². The summed E-state index contributed by atoms with van der Waals surface area (Å²) in [5, 5.41) is 4.25. The van der Waals surface area contributed by atoms with Crippen molar-refractivity contribution in [3.8, 4) is 11.4 Å². The Balaban J connectivity index is 2.10. The highest BCUT2D eigenvalue weighted by atomic mass is 14.9. The zero-order valence-electron chi connectivity index (χ0n) is 11.9. The van der Waals surface area contributed by atoms with Crippen molar-refractivity contribution in [1.29, 1.82) is 0 Å². The van der Waals surface area contributed by atoms with E-state index in [1.54, 1.807) is 0 Å². The number of rotatable bonds is 2. The highest BCUT2D eigenvalue weighted by Gasteiger charge is 2.05. The van der Waals surface area contributed by atoms with Crippen molar-refractivity contribution in [1.82, 2.24) is 9.97 Å². The SMILES string of the molecule is CNc1ccc(-c2ncc3cc(C)ccc3n2)cc1C. The van der Waals surface area contributed by atoms with Gasteiger partial charge in [-0.25, -0.2) is 9.97 Å². The predicted octanol–water partition coefficient (Wildman–Crippen LogP) is 3.96. The van der Waals surface area contributed by atoms with Crippen LogP contribution in [0.1, 0.15) is 11.1 Å². The van der Waals surface area contributed by atoms with Crippen LogP contribution in [-0.4, -0.2) is 17.0 Å². The molecule has 0 bridgehead atoms. The van der Waals surface area contributed by atoms with Gasteiger partial charge in [-0.15, -0.1) is 0 Å². The minimum Gasteiger partial charge on any atom is -0.388 e. The van der Waals surface area contributed by atoms with Gasteiger partial charge in [0, 0.05) is 29.9 Å². The first-order chi connectivity index (χ1) is 9.67. The average molecular weight is 263 g/mol. The molecule has 2 aromatic carbocycles. The molecule has 0 unspecified atom stereocenters. The summed E-state index contributed by atoms with van der Waals surface area (Å²) in [7, 11) is 1.93. The molecule has 0 saturated heterocycles. The van der Waals surface area contributed by atoms with Gasteiger partial charge in [0.2, 0.25) is 0 Å². The molecular formula is C17H17N3. The van der Waals surface area contributed by atoms with E-state index in [-0.39, 0.29) is 0 Å². The Labute approximate surface area is 118 Å². The van der Waals surface area contributed by atoms with Gasteiger partial charge in [-0.05, 0) is 49.7 Å². The first-order valence-electron chi connectivity index (χ1n) is 6.69. The van der Waals surface area contributed by atoms with Crippen LogP contribution in [-0.2, 0) is 0 Å². The molecule has 100 valence electrons. The van der Waals surface area contributed by atoms with Crippen molar-refractivity contribution in [2.75, 3.05) is 12.4 Å². The average Bonchev–Trinajstić information content (AvgIpc) is 2.46. The fourth-order valence-corrected chi connectivity index (χ4v) is 2.38. The van der Waals surface area contributed by atoms with E-state index in [2.05, 4.69) is 53.4 Å². The highest BCUT2D eigenvalue weighted by molar-refractivity contribution is 5.80. The summed E-state index contributed by atoms with van der Waals surface area (Å²) in [4.78, 5) is 9.13. The molecule has 1 heterocycles. The van der Waals surface area contributed by atoms with Gasteiger partial charge >= 0.3 is 0 Å². The number of fused-ring (bicyclic) bond motifs is 1. The van der Waals surface area contributed by atoms with Crippen LogP contribution < -0.4 is 5.32 Å². The molecule has 0 spiro atoms. The number of anilines is 1. The van der Waals surface area contributed by atoms with Crippen LogP contribution in [0, 0.1) is 13.8 Å². The van der Waals surface area contributed by atoms with Crippen molar-refractivity contribution >= 4 is 16.6 Å². The molecule has 0 aliphatic carbocycles. The van der Waals surface area contributed by atoms with E-state index < -0.39 is 0 Å². The van der Waals surface area contributed by atoms with Crippen molar-refractivity contribution in [2.45, 2.75) is 13.8 Å². The number of nitrogens with zero attached hydrogens (tertiary/aromatic N) is 2. The van der Waals surface area contributed by atoms with Crippen LogP contribution in [0.5, 0.6) is 0 Å². The van der Waals surface area contributed by atoms with Gasteiger partial charge in [0.15, 0.2) is 5.82 Å². The molecule has 1 N–H and O–H groups in total. The van der Waals surface area contributed by atoms with Crippen molar-refractivity contribution < 1.29 is 0 Å². The van der Waals surface area contributed by atoms with Gasteiger partial charge in [0.25, 0.3) is 0 Å². The lowest BCUT2D eigenvalue weighted by atomic mass is 10.1. The van der Waals surface area contributed by atoms with Crippen LogP contribution >= 0.6 is 0 Å². The molecule has 0 fully saturated rings. The lowest BCUT2D eigenvalue weighted by molar-refractivity contribution is 1.22. The molecule has 3 nitrogen and oxygen atoms in total. The number of hydrogen-bond donors (Lipinski definition) is 1. The minimum atomic E-state index is 0.770. The third-order valence-corrected chi connectivity index (χ3v) is 3.49. The van der Waals surface area contributed by atoms with Gasteiger partial charge in [-0.3, -0.25) is 0 Å². The Hall–Kier alpha value is -2.42. The second-order valence-electron chi connectivity index (χ2n) is 5.04. The first-order valence-corrected chi connectivity index (χ1v) is 6.69. The summed E-state index contributed by atoms with van der Waals surface area (Å²) in [5.41, 5.74) is 5.57. The lowest BCUT2D eigenvalue weighted by Crippen LogP contribution is -1.94. The Morgan fingerprint density at radius 3 is 2.60 bits per heavy atom. The van der Waals surface area contributed by atoms with Gasteiger partial charge < -0.3 is 5.32 Å². The summed E-state index contributed by atoms with van der Waals surface area (Å²) in [6, 6.07) is 12.5. The third kappa shape index (κ3) is 2.23. The maximum Gasteiger partial charge on any atom is 0.159 e. The third-order valence-electron chi connectivity index (χ3n) is 3.49. The fraction of sp³-hybridized carbons (Fsp3) is 0.176. The molecule has 3 aromatic rings. The smallest absolute Gasteiger partial charge is 0.159 e.